The second kappa shape index (κ2) is 5.48. The van der Waals surface area contributed by atoms with E-state index in [1.54, 1.807) is 29.2 Å². The minimum Gasteiger partial charge on any atom is -0.324 e. The molecule has 1 aliphatic heterocycles. The molecule has 5 nitrogen and oxygen atoms in total. The molecule has 1 aromatic carbocycles. The molecule has 3 heterocycles. The van der Waals surface area contributed by atoms with Gasteiger partial charge >= 0.3 is 0 Å². The summed E-state index contributed by atoms with van der Waals surface area (Å²) in [5.74, 6) is 0.142. The van der Waals surface area contributed by atoms with Crippen LogP contribution in [-0.2, 0) is 0 Å². The first-order valence-electron chi connectivity index (χ1n) is 6.96. The molecule has 0 amide bonds. The van der Waals surface area contributed by atoms with Crippen molar-refractivity contribution in [1.29, 1.82) is 0 Å². The van der Waals surface area contributed by atoms with Gasteiger partial charge in [-0.25, -0.2) is 9.07 Å². The molecule has 4 rings (SSSR count). The van der Waals surface area contributed by atoms with Crippen molar-refractivity contribution in [1.82, 2.24) is 19.7 Å². The third-order valence-corrected chi connectivity index (χ3v) is 4.01. The average molecular weight is 328 g/mol. The topological polar surface area (TPSA) is 55.6 Å². The van der Waals surface area contributed by atoms with Crippen LogP contribution in [-0.4, -0.2) is 19.7 Å². The highest BCUT2D eigenvalue weighted by Crippen LogP contribution is 2.36. The van der Waals surface area contributed by atoms with E-state index in [4.69, 9.17) is 11.6 Å². The SMILES string of the molecule is Fc1cccc(Cl)c1C1C=C(c2cccnc2)Nc2ncnn21. The van der Waals surface area contributed by atoms with Crippen molar-refractivity contribution < 1.29 is 4.39 Å². The Morgan fingerprint density at radius 1 is 1.22 bits per heavy atom. The summed E-state index contributed by atoms with van der Waals surface area (Å²) in [7, 11) is 0. The second-order valence-electron chi connectivity index (χ2n) is 5.06. The molecule has 0 saturated carbocycles. The van der Waals surface area contributed by atoms with Crippen LogP contribution in [0.3, 0.4) is 0 Å². The molecule has 2 aromatic heterocycles. The highest BCUT2D eigenvalue weighted by Gasteiger charge is 2.27. The maximum atomic E-state index is 14.4. The Bertz CT molecular complexity index is 870. The molecule has 0 fully saturated rings. The van der Waals surface area contributed by atoms with Gasteiger partial charge in [-0.15, -0.1) is 0 Å². The van der Waals surface area contributed by atoms with Crippen LogP contribution in [0, 0.1) is 5.82 Å². The maximum Gasteiger partial charge on any atom is 0.226 e. The Morgan fingerprint density at radius 2 is 2.13 bits per heavy atom. The summed E-state index contributed by atoms with van der Waals surface area (Å²) in [6, 6.07) is 7.89. The third kappa shape index (κ3) is 2.37. The van der Waals surface area contributed by atoms with Gasteiger partial charge in [0.2, 0.25) is 5.95 Å². The van der Waals surface area contributed by atoms with Crippen molar-refractivity contribution in [2.75, 3.05) is 5.32 Å². The van der Waals surface area contributed by atoms with E-state index in [0.717, 1.165) is 11.3 Å². The minimum absolute atomic E-state index is 0.347. The first-order chi connectivity index (χ1) is 11.2. The Labute approximate surface area is 136 Å². The van der Waals surface area contributed by atoms with E-state index < -0.39 is 6.04 Å². The van der Waals surface area contributed by atoms with Crippen LogP contribution >= 0.6 is 11.6 Å². The van der Waals surface area contributed by atoms with E-state index >= 15 is 0 Å². The Balaban J connectivity index is 1.89. The molecular weight excluding hydrogens is 317 g/mol. The lowest BCUT2D eigenvalue weighted by atomic mass is 10.0. The van der Waals surface area contributed by atoms with Crippen molar-refractivity contribution in [2.24, 2.45) is 0 Å². The molecule has 1 aliphatic rings. The number of halogens is 2. The monoisotopic (exact) mass is 327 g/mol. The highest BCUT2D eigenvalue weighted by molar-refractivity contribution is 6.31. The molecule has 0 saturated heterocycles. The summed E-state index contributed by atoms with van der Waals surface area (Å²) in [4.78, 5) is 8.29. The van der Waals surface area contributed by atoms with Gasteiger partial charge in [-0.05, 0) is 30.3 Å². The molecule has 1 N–H and O–H groups in total. The van der Waals surface area contributed by atoms with Crippen LogP contribution in [0.25, 0.3) is 5.70 Å². The number of allylic oxidation sites excluding steroid dienone is 1. The van der Waals surface area contributed by atoms with Crippen molar-refractivity contribution in [3.63, 3.8) is 0 Å². The van der Waals surface area contributed by atoms with Gasteiger partial charge in [0.15, 0.2) is 0 Å². The van der Waals surface area contributed by atoms with E-state index in [9.17, 15) is 4.39 Å². The highest BCUT2D eigenvalue weighted by atomic mass is 35.5. The van der Waals surface area contributed by atoms with Gasteiger partial charge in [-0.2, -0.15) is 10.1 Å². The van der Waals surface area contributed by atoms with E-state index in [1.165, 1.54) is 12.4 Å². The number of aromatic nitrogens is 4. The van der Waals surface area contributed by atoms with E-state index in [-0.39, 0.29) is 5.82 Å². The molecule has 23 heavy (non-hydrogen) atoms. The number of nitrogens with zero attached hydrogens (tertiary/aromatic N) is 4. The first kappa shape index (κ1) is 13.9. The van der Waals surface area contributed by atoms with E-state index in [1.807, 2.05) is 18.2 Å². The number of hydrogen-bond acceptors (Lipinski definition) is 4. The van der Waals surface area contributed by atoms with Crippen molar-refractivity contribution in [3.05, 3.63) is 77.1 Å². The van der Waals surface area contributed by atoms with Gasteiger partial charge in [0.1, 0.15) is 18.2 Å². The molecule has 7 heteroatoms. The van der Waals surface area contributed by atoms with Gasteiger partial charge in [-0.1, -0.05) is 17.7 Å². The lowest BCUT2D eigenvalue weighted by Gasteiger charge is -2.25. The fourth-order valence-corrected chi connectivity index (χ4v) is 2.90. The van der Waals surface area contributed by atoms with Crippen LogP contribution in [0.15, 0.2) is 55.1 Å². The summed E-state index contributed by atoms with van der Waals surface area (Å²) in [6.45, 7) is 0. The molecule has 0 aliphatic carbocycles. The van der Waals surface area contributed by atoms with Gasteiger partial charge in [0, 0.05) is 34.2 Å². The number of benzene rings is 1. The smallest absolute Gasteiger partial charge is 0.226 e. The van der Waals surface area contributed by atoms with Crippen molar-refractivity contribution in [2.45, 2.75) is 6.04 Å². The lowest BCUT2D eigenvalue weighted by Crippen LogP contribution is -2.21. The Kier molecular flexibility index (Phi) is 3.31. The zero-order valence-corrected chi connectivity index (χ0v) is 12.6. The quantitative estimate of drug-likeness (QED) is 0.782. The molecular formula is C16H11ClFN5. The van der Waals surface area contributed by atoms with E-state index in [2.05, 4.69) is 20.4 Å². The first-order valence-corrected chi connectivity index (χ1v) is 7.34. The molecule has 0 bridgehead atoms. The Hall–Kier alpha value is -2.73. The predicted molar refractivity (Wildman–Crippen MR) is 85.4 cm³/mol. The molecule has 114 valence electrons. The van der Waals surface area contributed by atoms with Gasteiger partial charge in [0.05, 0.1) is 0 Å². The number of hydrogen-bond donors (Lipinski definition) is 1. The van der Waals surface area contributed by atoms with Crippen LogP contribution in [0.2, 0.25) is 5.02 Å². The average Bonchev–Trinajstić information content (AvgIpc) is 3.04. The largest absolute Gasteiger partial charge is 0.324 e. The summed E-state index contributed by atoms with van der Waals surface area (Å²) < 4.78 is 16.0. The van der Waals surface area contributed by atoms with Crippen LogP contribution < -0.4 is 5.32 Å². The number of rotatable bonds is 2. The fraction of sp³-hybridized carbons (Fsp3) is 0.0625. The lowest BCUT2D eigenvalue weighted by molar-refractivity contribution is 0.551. The number of pyridine rings is 1. The van der Waals surface area contributed by atoms with Crippen LogP contribution in [0.1, 0.15) is 17.2 Å². The number of anilines is 1. The fourth-order valence-electron chi connectivity index (χ4n) is 2.62. The van der Waals surface area contributed by atoms with Gasteiger partial charge in [-0.3, -0.25) is 4.98 Å². The van der Waals surface area contributed by atoms with Crippen LogP contribution in [0.4, 0.5) is 10.3 Å². The van der Waals surface area contributed by atoms with Gasteiger partial charge in [0.25, 0.3) is 0 Å². The van der Waals surface area contributed by atoms with E-state index in [0.29, 0.717) is 16.5 Å². The van der Waals surface area contributed by atoms with Crippen LogP contribution in [0.5, 0.6) is 0 Å². The molecule has 0 spiro atoms. The molecule has 3 aromatic rings. The normalized spacial score (nSPS) is 16.4. The summed E-state index contributed by atoms with van der Waals surface area (Å²) in [5.41, 5.74) is 2.02. The minimum atomic E-state index is -0.488. The third-order valence-electron chi connectivity index (χ3n) is 3.68. The molecule has 1 unspecified atom stereocenters. The standard InChI is InChI=1S/C16H11ClFN5/c17-11-4-1-5-12(18)15(11)14-7-13(10-3-2-6-19-8-10)22-16-20-9-21-23(14)16/h1-9,14H,(H,20,21,22). The zero-order valence-electron chi connectivity index (χ0n) is 11.8. The van der Waals surface area contributed by atoms with Crippen molar-refractivity contribution in [3.8, 4) is 0 Å². The zero-order chi connectivity index (χ0) is 15.8. The summed E-state index contributed by atoms with van der Waals surface area (Å²) >= 11 is 6.23. The molecule has 0 radical (unpaired) electrons. The number of fused-ring (bicyclic) bond motifs is 1. The van der Waals surface area contributed by atoms with Gasteiger partial charge < -0.3 is 5.32 Å². The summed E-state index contributed by atoms with van der Waals surface area (Å²) in [6.07, 6.45) is 6.71. The Morgan fingerprint density at radius 3 is 2.91 bits per heavy atom. The summed E-state index contributed by atoms with van der Waals surface area (Å²) in [5, 5.41) is 7.71. The number of nitrogens with one attached hydrogen (secondary N) is 1. The second-order valence-corrected chi connectivity index (χ2v) is 5.46. The predicted octanol–water partition coefficient (Wildman–Crippen LogP) is 3.52. The van der Waals surface area contributed by atoms with Crippen molar-refractivity contribution >= 4 is 23.2 Å². The maximum absolute atomic E-state index is 14.4. The molecule has 1 atom stereocenters.